The van der Waals surface area contributed by atoms with Gasteiger partial charge >= 0.3 is 0 Å². The summed E-state index contributed by atoms with van der Waals surface area (Å²) in [6.45, 7) is 0.238. The number of nitrogens with one attached hydrogen (secondary N) is 2. The lowest BCUT2D eigenvalue weighted by atomic mass is 10.2. The Morgan fingerprint density at radius 2 is 1.56 bits per heavy atom. The number of rotatable bonds is 8. The molecule has 3 rings (SSSR count). The number of carbonyl (C=O) groups excluding carboxylic acids is 2. The van der Waals surface area contributed by atoms with Crippen LogP contribution in [0, 0.1) is 0 Å². The quantitative estimate of drug-likeness (QED) is 0.491. The van der Waals surface area contributed by atoms with Crippen LogP contribution < -0.4 is 10.7 Å². The molecule has 8 nitrogen and oxygen atoms in total. The van der Waals surface area contributed by atoms with Crippen LogP contribution in [0.4, 0.5) is 5.00 Å². The molecule has 2 N–H and O–H groups in total. The summed E-state index contributed by atoms with van der Waals surface area (Å²) in [6.07, 6.45) is 0. The first kappa shape index (κ1) is 23.6. The van der Waals surface area contributed by atoms with Crippen molar-refractivity contribution in [3.8, 4) is 0 Å². The molecule has 0 bridgehead atoms. The fourth-order valence-electron chi connectivity index (χ4n) is 2.91. The van der Waals surface area contributed by atoms with E-state index in [2.05, 4.69) is 10.7 Å². The molecule has 168 valence electrons. The number of amides is 2. The van der Waals surface area contributed by atoms with Crippen molar-refractivity contribution in [3.63, 3.8) is 0 Å². The molecule has 2 aromatic carbocycles. The molecule has 0 atom stereocenters. The summed E-state index contributed by atoms with van der Waals surface area (Å²) in [5.41, 5.74) is 4.13. The van der Waals surface area contributed by atoms with Crippen LogP contribution in [0.1, 0.15) is 26.3 Å². The zero-order valence-corrected chi connectivity index (χ0v) is 19.5. The van der Waals surface area contributed by atoms with E-state index in [1.165, 1.54) is 52.0 Å². The molecular formula is C22H24N4O4S2. The molecule has 0 saturated carbocycles. The largest absolute Gasteiger partial charge is 0.313 e. The lowest BCUT2D eigenvalue weighted by molar-refractivity contribution is 0.0858. The average Bonchev–Trinajstić information content (AvgIpc) is 3.22. The molecule has 32 heavy (non-hydrogen) atoms. The number of benzene rings is 2. The van der Waals surface area contributed by atoms with Crippen molar-refractivity contribution in [2.45, 2.75) is 11.4 Å². The van der Waals surface area contributed by atoms with Gasteiger partial charge in [-0.05, 0) is 41.3 Å². The van der Waals surface area contributed by atoms with E-state index in [-0.39, 0.29) is 22.9 Å². The third kappa shape index (κ3) is 5.60. The Labute approximate surface area is 191 Å². The molecule has 3 aromatic rings. The topological polar surface area (TPSA) is 98.8 Å². The van der Waals surface area contributed by atoms with Crippen molar-refractivity contribution in [2.75, 3.05) is 26.5 Å². The molecule has 0 aliphatic rings. The molecule has 0 saturated heterocycles. The Bertz CT molecular complexity index is 1190. The molecule has 1 heterocycles. The molecule has 0 unspecified atom stereocenters. The minimum atomic E-state index is -3.71. The van der Waals surface area contributed by atoms with Crippen LogP contribution in [-0.4, -0.2) is 50.7 Å². The normalized spacial score (nSPS) is 11.5. The molecule has 2 amide bonds. The van der Waals surface area contributed by atoms with Gasteiger partial charge in [-0.2, -0.15) is 4.31 Å². The van der Waals surface area contributed by atoms with Crippen LogP contribution in [-0.2, 0) is 16.6 Å². The molecule has 0 aliphatic carbocycles. The van der Waals surface area contributed by atoms with Crippen LogP contribution >= 0.6 is 11.3 Å². The van der Waals surface area contributed by atoms with Gasteiger partial charge in [-0.1, -0.05) is 30.3 Å². The van der Waals surface area contributed by atoms with Crippen molar-refractivity contribution in [1.82, 2.24) is 14.7 Å². The van der Waals surface area contributed by atoms with E-state index in [1.54, 1.807) is 25.5 Å². The number of anilines is 1. The van der Waals surface area contributed by atoms with Gasteiger partial charge in [-0.25, -0.2) is 13.4 Å². The maximum atomic E-state index is 12.9. The van der Waals surface area contributed by atoms with E-state index >= 15 is 0 Å². The third-order valence-corrected chi connectivity index (χ3v) is 7.18. The highest BCUT2D eigenvalue weighted by molar-refractivity contribution is 7.89. The maximum Gasteiger partial charge on any atom is 0.268 e. The highest BCUT2D eigenvalue weighted by Crippen LogP contribution is 2.24. The predicted octanol–water partition coefficient (Wildman–Crippen LogP) is 3.03. The highest BCUT2D eigenvalue weighted by atomic mass is 32.2. The molecule has 0 radical (unpaired) electrons. The van der Waals surface area contributed by atoms with E-state index in [0.29, 0.717) is 10.6 Å². The summed E-state index contributed by atoms with van der Waals surface area (Å²) in [6, 6.07) is 16.6. The van der Waals surface area contributed by atoms with E-state index in [4.69, 9.17) is 0 Å². The second kappa shape index (κ2) is 10.0. The number of nitrogens with zero attached hydrogens (tertiary/aromatic N) is 2. The zero-order chi connectivity index (χ0) is 23.3. The van der Waals surface area contributed by atoms with Crippen molar-refractivity contribution in [3.05, 3.63) is 82.7 Å². The number of hydrazine groups is 1. The maximum absolute atomic E-state index is 12.9. The first-order valence-corrected chi connectivity index (χ1v) is 12.0. The lowest BCUT2D eigenvalue weighted by Crippen LogP contribution is -2.36. The van der Waals surface area contributed by atoms with Gasteiger partial charge in [-0.3, -0.25) is 15.0 Å². The Balaban J connectivity index is 1.71. The van der Waals surface area contributed by atoms with Crippen LogP contribution in [0.2, 0.25) is 0 Å². The standard InChI is InChI=1S/C22H24N4O4S2/c1-25(2)24-21(28)19-13-14-31-22(19)23-20(27)17-9-11-18(12-10-17)32(29,30)26(3)15-16-7-5-4-6-8-16/h4-14H,15H2,1-3H3,(H,23,27)(H,24,28). The molecular weight excluding hydrogens is 448 g/mol. The molecule has 10 heteroatoms. The van der Waals surface area contributed by atoms with Gasteiger partial charge in [0.2, 0.25) is 10.0 Å². The minimum Gasteiger partial charge on any atom is -0.313 e. The van der Waals surface area contributed by atoms with Gasteiger partial charge in [0, 0.05) is 33.3 Å². The summed E-state index contributed by atoms with van der Waals surface area (Å²) >= 11 is 1.23. The summed E-state index contributed by atoms with van der Waals surface area (Å²) < 4.78 is 27.0. The number of sulfonamides is 1. The van der Waals surface area contributed by atoms with Gasteiger partial charge in [0.05, 0.1) is 10.5 Å². The Morgan fingerprint density at radius 3 is 2.19 bits per heavy atom. The number of carbonyl (C=O) groups is 2. The molecule has 0 fully saturated rings. The van der Waals surface area contributed by atoms with Crippen LogP contribution in [0.5, 0.6) is 0 Å². The minimum absolute atomic E-state index is 0.0923. The Morgan fingerprint density at radius 1 is 0.906 bits per heavy atom. The first-order chi connectivity index (χ1) is 15.2. The van der Waals surface area contributed by atoms with Crippen LogP contribution in [0.15, 0.2) is 70.9 Å². The summed E-state index contributed by atoms with van der Waals surface area (Å²) in [4.78, 5) is 25.0. The zero-order valence-electron chi connectivity index (χ0n) is 17.9. The van der Waals surface area contributed by atoms with Crippen molar-refractivity contribution in [1.29, 1.82) is 0 Å². The van der Waals surface area contributed by atoms with Crippen LogP contribution in [0.3, 0.4) is 0 Å². The summed E-state index contributed by atoms with van der Waals surface area (Å²) in [7, 11) is 1.18. The Hall–Kier alpha value is -3.05. The van der Waals surface area contributed by atoms with Gasteiger partial charge in [0.25, 0.3) is 11.8 Å². The van der Waals surface area contributed by atoms with Crippen molar-refractivity contribution < 1.29 is 18.0 Å². The monoisotopic (exact) mass is 472 g/mol. The molecule has 0 aliphatic heterocycles. The Kier molecular flexibility index (Phi) is 7.41. The fourth-order valence-corrected chi connectivity index (χ4v) is 4.85. The summed E-state index contributed by atoms with van der Waals surface area (Å²) in [5, 5.41) is 6.35. The second-order valence-corrected chi connectivity index (χ2v) is 10.2. The van der Waals surface area contributed by atoms with Crippen molar-refractivity contribution in [2.24, 2.45) is 0 Å². The van der Waals surface area contributed by atoms with E-state index < -0.39 is 15.9 Å². The third-order valence-electron chi connectivity index (χ3n) is 4.53. The molecule has 1 aromatic heterocycles. The summed E-state index contributed by atoms with van der Waals surface area (Å²) in [5.74, 6) is -0.776. The van der Waals surface area contributed by atoms with E-state index in [0.717, 1.165) is 5.56 Å². The smallest absolute Gasteiger partial charge is 0.268 e. The predicted molar refractivity (Wildman–Crippen MR) is 125 cm³/mol. The van der Waals surface area contributed by atoms with E-state index in [1.807, 2.05) is 30.3 Å². The second-order valence-electron chi connectivity index (χ2n) is 7.22. The van der Waals surface area contributed by atoms with Gasteiger partial charge < -0.3 is 5.32 Å². The SMILES string of the molecule is CN(C)NC(=O)c1ccsc1NC(=O)c1ccc(S(=O)(=O)N(C)Cc2ccccc2)cc1. The average molecular weight is 473 g/mol. The first-order valence-electron chi connectivity index (χ1n) is 9.66. The van der Waals surface area contributed by atoms with Gasteiger partial charge in [0.15, 0.2) is 0 Å². The van der Waals surface area contributed by atoms with Gasteiger partial charge in [-0.15, -0.1) is 11.3 Å². The van der Waals surface area contributed by atoms with Gasteiger partial charge in [0.1, 0.15) is 5.00 Å². The number of hydrogen-bond donors (Lipinski definition) is 2. The highest BCUT2D eigenvalue weighted by Gasteiger charge is 2.22. The lowest BCUT2D eigenvalue weighted by Gasteiger charge is -2.17. The molecule has 0 spiro atoms. The number of hydrogen-bond acceptors (Lipinski definition) is 6. The number of thiophene rings is 1. The fraction of sp³-hybridized carbons (Fsp3) is 0.182. The van der Waals surface area contributed by atoms with Crippen molar-refractivity contribution >= 4 is 38.2 Å². The van der Waals surface area contributed by atoms with Crippen LogP contribution in [0.25, 0.3) is 0 Å². The van der Waals surface area contributed by atoms with E-state index in [9.17, 15) is 18.0 Å².